The second-order valence-corrected chi connectivity index (χ2v) is 5.81. The first-order valence-corrected chi connectivity index (χ1v) is 7.32. The largest absolute Gasteiger partial charge is 0.263 e. The van der Waals surface area contributed by atoms with E-state index in [9.17, 15) is 0 Å². The van der Waals surface area contributed by atoms with E-state index in [-0.39, 0.29) is 5.92 Å². The van der Waals surface area contributed by atoms with Crippen LogP contribution >= 0.6 is 15.9 Å². The van der Waals surface area contributed by atoms with Gasteiger partial charge in [0, 0.05) is 29.3 Å². The standard InChI is InChI=1S/C16H14BrN3/c1-10(2)16-19-14(7-15(17)20-16)13-9-18-8-11-5-3-4-6-12(11)13/h3-10H,1-2H3. The Morgan fingerprint density at radius 1 is 1.05 bits per heavy atom. The van der Waals surface area contributed by atoms with Crippen LogP contribution in [0.25, 0.3) is 22.0 Å². The summed E-state index contributed by atoms with van der Waals surface area (Å²) in [5.74, 6) is 1.12. The average Bonchev–Trinajstić information content (AvgIpc) is 2.46. The quantitative estimate of drug-likeness (QED) is 0.647. The number of nitrogens with zero attached hydrogens (tertiary/aromatic N) is 3. The molecule has 0 aliphatic rings. The number of aromatic nitrogens is 3. The van der Waals surface area contributed by atoms with E-state index >= 15 is 0 Å². The van der Waals surface area contributed by atoms with Crippen molar-refractivity contribution in [3.63, 3.8) is 0 Å². The molecule has 0 spiro atoms. The van der Waals surface area contributed by atoms with Crippen LogP contribution < -0.4 is 0 Å². The van der Waals surface area contributed by atoms with Gasteiger partial charge in [0.25, 0.3) is 0 Å². The number of hydrogen-bond donors (Lipinski definition) is 0. The minimum Gasteiger partial charge on any atom is -0.263 e. The van der Waals surface area contributed by atoms with Gasteiger partial charge in [-0.1, -0.05) is 38.1 Å². The Balaban J connectivity index is 2.25. The topological polar surface area (TPSA) is 38.7 Å². The zero-order chi connectivity index (χ0) is 14.1. The summed E-state index contributed by atoms with van der Waals surface area (Å²) in [5, 5.41) is 2.27. The molecule has 2 aromatic heterocycles. The van der Waals surface area contributed by atoms with Crippen molar-refractivity contribution in [3.8, 4) is 11.3 Å². The van der Waals surface area contributed by atoms with Gasteiger partial charge in [0.05, 0.1) is 5.69 Å². The summed E-state index contributed by atoms with van der Waals surface area (Å²) < 4.78 is 0.805. The zero-order valence-corrected chi connectivity index (χ0v) is 12.9. The molecule has 0 radical (unpaired) electrons. The van der Waals surface area contributed by atoms with Crippen molar-refractivity contribution in [2.24, 2.45) is 0 Å². The summed E-state index contributed by atoms with van der Waals surface area (Å²) in [5.41, 5.74) is 1.94. The normalized spacial score (nSPS) is 11.2. The molecular formula is C16H14BrN3. The molecule has 3 aromatic rings. The fourth-order valence-electron chi connectivity index (χ4n) is 2.15. The summed E-state index contributed by atoms with van der Waals surface area (Å²) >= 11 is 3.47. The second kappa shape index (κ2) is 5.29. The van der Waals surface area contributed by atoms with Gasteiger partial charge in [0.1, 0.15) is 10.4 Å². The van der Waals surface area contributed by atoms with Gasteiger partial charge >= 0.3 is 0 Å². The van der Waals surface area contributed by atoms with E-state index in [2.05, 4.69) is 56.9 Å². The lowest BCUT2D eigenvalue weighted by molar-refractivity contribution is 0.771. The first-order valence-electron chi connectivity index (χ1n) is 6.53. The molecule has 2 heterocycles. The van der Waals surface area contributed by atoms with Crippen LogP contribution in [-0.2, 0) is 0 Å². The van der Waals surface area contributed by atoms with Crippen molar-refractivity contribution < 1.29 is 0 Å². The Kier molecular flexibility index (Phi) is 3.49. The molecule has 100 valence electrons. The highest BCUT2D eigenvalue weighted by Crippen LogP contribution is 2.28. The van der Waals surface area contributed by atoms with Crippen LogP contribution in [0.2, 0.25) is 0 Å². The summed E-state index contributed by atoms with van der Waals surface area (Å²) in [6.07, 6.45) is 3.74. The maximum atomic E-state index is 4.67. The lowest BCUT2D eigenvalue weighted by atomic mass is 10.1. The summed E-state index contributed by atoms with van der Waals surface area (Å²) in [6, 6.07) is 10.1. The first-order chi connectivity index (χ1) is 9.65. The lowest BCUT2D eigenvalue weighted by Gasteiger charge is -2.09. The highest BCUT2D eigenvalue weighted by molar-refractivity contribution is 9.10. The van der Waals surface area contributed by atoms with Gasteiger partial charge in [-0.25, -0.2) is 9.97 Å². The molecule has 0 N–H and O–H groups in total. The molecule has 3 rings (SSSR count). The second-order valence-electron chi connectivity index (χ2n) is 5.00. The van der Waals surface area contributed by atoms with Gasteiger partial charge in [-0.05, 0) is 27.4 Å². The molecule has 0 unspecified atom stereocenters. The highest BCUT2D eigenvalue weighted by Gasteiger charge is 2.11. The van der Waals surface area contributed by atoms with E-state index in [0.717, 1.165) is 32.5 Å². The van der Waals surface area contributed by atoms with Gasteiger partial charge in [-0.3, -0.25) is 4.98 Å². The van der Waals surface area contributed by atoms with Crippen molar-refractivity contribution in [2.45, 2.75) is 19.8 Å². The maximum absolute atomic E-state index is 4.67. The number of halogens is 1. The van der Waals surface area contributed by atoms with Crippen LogP contribution in [0.5, 0.6) is 0 Å². The van der Waals surface area contributed by atoms with E-state index in [1.165, 1.54) is 0 Å². The number of pyridine rings is 1. The average molecular weight is 328 g/mol. The molecule has 0 saturated carbocycles. The van der Waals surface area contributed by atoms with Crippen molar-refractivity contribution in [1.82, 2.24) is 15.0 Å². The minimum atomic E-state index is 0.286. The fourth-order valence-corrected chi connectivity index (χ4v) is 2.55. The Labute approximate surface area is 126 Å². The molecule has 0 saturated heterocycles. The van der Waals surface area contributed by atoms with Crippen LogP contribution in [0, 0.1) is 0 Å². The number of benzene rings is 1. The Hall–Kier alpha value is -1.81. The van der Waals surface area contributed by atoms with Crippen LogP contribution in [0.15, 0.2) is 47.3 Å². The molecule has 0 amide bonds. The number of fused-ring (bicyclic) bond motifs is 1. The predicted molar refractivity (Wildman–Crippen MR) is 84.6 cm³/mol. The Morgan fingerprint density at radius 3 is 2.65 bits per heavy atom. The van der Waals surface area contributed by atoms with Gasteiger partial charge < -0.3 is 0 Å². The van der Waals surface area contributed by atoms with E-state index < -0.39 is 0 Å². The number of hydrogen-bond acceptors (Lipinski definition) is 3. The summed E-state index contributed by atoms with van der Waals surface area (Å²) in [6.45, 7) is 4.18. The van der Waals surface area contributed by atoms with Crippen molar-refractivity contribution in [2.75, 3.05) is 0 Å². The smallest absolute Gasteiger partial charge is 0.132 e. The van der Waals surface area contributed by atoms with E-state index in [1.54, 1.807) is 0 Å². The van der Waals surface area contributed by atoms with Crippen molar-refractivity contribution in [1.29, 1.82) is 0 Å². The Morgan fingerprint density at radius 2 is 1.85 bits per heavy atom. The van der Waals surface area contributed by atoms with Crippen LogP contribution in [-0.4, -0.2) is 15.0 Å². The molecule has 0 aliphatic heterocycles. The van der Waals surface area contributed by atoms with Gasteiger partial charge in [0.15, 0.2) is 0 Å². The molecule has 0 atom stereocenters. The predicted octanol–water partition coefficient (Wildman–Crippen LogP) is 4.58. The lowest BCUT2D eigenvalue weighted by Crippen LogP contribution is -2.00. The monoisotopic (exact) mass is 327 g/mol. The molecule has 20 heavy (non-hydrogen) atoms. The van der Waals surface area contributed by atoms with Crippen LogP contribution in [0.3, 0.4) is 0 Å². The SMILES string of the molecule is CC(C)c1nc(Br)cc(-c2cncc3ccccc23)n1. The summed E-state index contributed by atoms with van der Waals surface area (Å²) in [4.78, 5) is 13.4. The third kappa shape index (κ3) is 2.43. The van der Waals surface area contributed by atoms with Crippen LogP contribution in [0.1, 0.15) is 25.6 Å². The molecule has 1 aromatic carbocycles. The fraction of sp³-hybridized carbons (Fsp3) is 0.188. The van der Waals surface area contributed by atoms with Gasteiger partial charge in [0.2, 0.25) is 0 Å². The molecule has 4 heteroatoms. The number of rotatable bonds is 2. The third-order valence-corrected chi connectivity index (χ3v) is 3.58. The van der Waals surface area contributed by atoms with Crippen molar-refractivity contribution >= 4 is 26.7 Å². The molecule has 0 aliphatic carbocycles. The zero-order valence-electron chi connectivity index (χ0n) is 11.3. The molecular weight excluding hydrogens is 314 g/mol. The molecule has 0 fully saturated rings. The Bertz CT molecular complexity index is 763. The van der Waals surface area contributed by atoms with Crippen LogP contribution in [0.4, 0.5) is 0 Å². The van der Waals surface area contributed by atoms with Gasteiger partial charge in [-0.2, -0.15) is 0 Å². The first kappa shape index (κ1) is 13.2. The molecule has 0 bridgehead atoms. The third-order valence-electron chi connectivity index (χ3n) is 3.17. The highest BCUT2D eigenvalue weighted by atomic mass is 79.9. The molecule has 3 nitrogen and oxygen atoms in total. The van der Waals surface area contributed by atoms with E-state index in [0.29, 0.717) is 0 Å². The van der Waals surface area contributed by atoms with E-state index in [4.69, 9.17) is 0 Å². The summed E-state index contributed by atoms with van der Waals surface area (Å²) in [7, 11) is 0. The maximum Gasteiger partial charge on any atom is 0.132 e. The van der Waals surface area contributed by atoms with Crippen molar-refractivity contribution in [3.05, 3.63) is 53.2 Å². The van der Waals surface area contributed by atoms with Gasteiger partial charge in [-0.15, -0.1) is 0 Å². The van der Waals surface area contributed by atoms with E-state index in [1.807, 2.05) is 30.6 Å². The minimum absolute atomic E-state index is 0.286.